The van der Waals surface area contributed by atoms with Crippen molar-refractivity contribution in [2.75, 3.05) is 13.6 Å². The molecule has 0 bridgehead atoms. The van der Waals surface area contributed by atoms with Gasteiger partial charge in [-0.1, -0.05) is 46.3 Å². The molecule has 0 unspecified atom stereocenters. The maximum absolute atomic E-state index is 12.0. The number of allylic oxidation sites excluding steroid dienone is 5. The fourth-order valence-corrected chi connectivity index (χ4v) is 2.49. The van der Waals surface area contributed by atoms with Gasteiger partial charge in [0.05, 0.1) is 6.42 Å². The average Bonchev–Trinajstić information content (AvgIpc) is 2.74. The summed E-state index contributed by atoms with van der Waals surface area (Å²) in [5, 5.41) is 2.97. The van der Waals surface area contributed by atoms with Crippen molar-refractivity contribution in [1.29, 1.82) is 0 Å². The van der Waals surface area contributed by atoms with Crippen LogP contribution in [-0.2, 0) is 14.3 Å². The molecule has 26 heavy (non-hydrogen) atoms. The third-order valence-corrected chi connectivity index (χ3v) is 4.11. The quantitative estimate of drug-likeness (QED) is 0.509. The van der Waals surface area contributed by atoms with Crippen molar-refractivity contribution in [1.82, 2.24) is 5.32 Å². The smallest absolute Gasteiger partial charge is 0.312 e. The first-order valence-electron chi connectivity index (χ1n) is 9.57. The Morgan fingerprint density at radius 2 is 1.85 bits per heavy atom. The highest BCUT2D eigenvalue weighted by molar-refractivity contribution is 5.72. The average molecular weight is 366 g/mol. The van der Waals surface area contributed by atoms with E-state index in [0.29, 0.717) is 13.0 Å². The van der Waals surface area contributed by atoms with E-state index in [-0.39, 0.29) is 11.4 Å². The summed E-state index contributed by atoms with van der Waals surface area (Å²) in [5.41, 5.74) is 3.57. The molecule has 150 valence electrons. The molecule has 0 heterocycles. The second-order valence-electron chi connectivity index (χ2n) is 6.62. The van der Waals surface area contributed by atoms with Gasteiger partial charge in [-0.15, -0.1) is 0 Å². The van der Waals surface area contributed by atoms with Crippen molar-refractivity contribution >= 4 is 12.3 Å². The standard InChI is InChI=1S/C18H29NO2.C2H4O.C2H6/c1-7-18(4,5)17-14(3)9-8-13(2)12-15(17)21-16(20)10-11-19-6;1-2-3;1-2/h9,12,19H,7-8,10-11H2,1-6H3;2H,1H3;1-2H3. The number of rotatable bonds is 6. The molecule has 4 nitrogen and oxygen atoms in total. The zero-order valence-electron chi connectivity index (χ0n) is 18.3. The number of hydrogen-bond acceptors (Lipinski definition) is 4. The normalized spacial score (nSPS) is 13.9. The van der Waals surface area contributed by atoms with Crippen LogP contribution in [0.3, 0.4) is 0 Å². The minimum Gasteiger partial charge on any atom is -0.426 e. The van der Waals surface area contributed by atoms with Crippen LogP contribution >= 0.6 is 0 Å². The number of nitrogens with one attached hydrogen (secondary N) is 1. The van der Waals surface area contributed by atoms with E-state index in [1.807, 2.05) is 27.0 Å². The van der Waals surface area contributed by atoms with Crippen LogP contribution in [0.25, 0.3) is 0 Å². The lowest BCUT2D eigenvalue weighted by Crippen LogP contribution is -2.20. The van der Waals surface area contributed by atoms with Crippen molar-refractivity contribution in [3.05, 3.63) is 34.6 Å². The topological polar surface area (TPSA) is 55.4 Å². The summed E-state index contributed by atoms with van der Waals surface area (Å²) < 4.78 is 5.70. The Labute approximate surface area is 160 Å². The molecule has 0 saturated heterocycles. The summed E-state index contributed by atoms with van der Waals surface area (Å²) >= 11 is 0. The molecule has 1 aliphatic rings. The Balaban J connectivity index is 0. The van der Waals surface area contributed by atoms with Gasteiger partial charge < -0.3 is 14.8 Å². The molecule has 0 amide bonds. The van der Waals surface area contributed by atoms with Gasteiger partial charge in [0, 0.05) is 12.1 Å². The molecular weight excluding hydrogens is 326 g/mol. The maximum Gasteiger partial charge on any atom is 0.312 e. The summed E-state index contributed by atoms with van der Waals surface area (Å²) in [6.45, 7) is 16.8. The second-order valence-corrected chi connectivity index (χ2v) is 6.62. The zero-order valence-corrected chi connectivity index (χ0v) is 18.3. The maximum atomic E-state index is 12.0. The summed E-state index contributed by atoms with van der Waals surface area (Å²) in [5.74, 6) is 0.550. The van der Waals surface area contributed by atoms with Crippen LogP contribution in [0.1, 0.15) is 74.7 Å². The summed E-state index contributed by atoms with van der Waals surface area (Å²) in [6.07, 6.45) is 7.30. The fourth-order valence-electron chi connectivity index (χ4n) is 2.49. The van der Waals surface area contributed by atoms with Gasteiger partial charge in [-0.05, 0) is 57.7 Å². The van der Waals surface area contributed by atoms with E-state index in [1.54, 1.807) is 0 Å². The summed E-state index contributed by atoms with van der Waals surface area (Å²) in [6, 6.07) is 0. The molecule has 0 atom stereocenters. The van der Waals surface area contributed by atoms with Gasteiger partial charge in [0.1, 0.15) is 12.0 Å². The molecule has 1 N–H and O–H groups in total. The summed E-state index contributed by atoms with van der Waals surface area (Å²) in [7, 11) is 1.83. The molecule has 0 spiro atoms. The predicted molar refractivity (Wildman–Crippen MR) is 111 cm³/mol. The van der Waals surface area contributed by atoms with Crippen LogP contribution in [0.4, 0.5) is 0 Å². The number of carbonyl (C=O) groups is 2. The third kappa shape index (κ3) is 9.71. The first kappa shape index (κ1) is 26.5. The third-order valence-electron chi connectivity index (χ3n) is 4.11. The molecular formula is C22H39NO3. The van der Waals surface area contributed by atoms with Gasteiger partial charge in [0.15, 0.2) is 0 Å². The summed E-state index contributed by atoms with van der Waals surface area (Å²) in [4.78, 5) is 20.8. The van der Waals surface area contributed by atoms with Crippen LogP contribution in [0.15, 0.2) is 34.6 Å². The number of hydrogen-bond donors (Lipinski definition) is 1. The van der Waals surface area contributed by atoms with Crippen molar-refractivity contribution < 1.29 is 14.3 Å². The lowest BCUT2D eigenvalue weighted by molar-refractivity contribution is -0.139. The molecule has 1 aliphatic carbocycles. The van der Waals surface area contributed by atoms with Gasteiger partial charge >= 0.3 is 5.97 Å². The molecule has 0 radical (unpaired) electrons. The van der Waals surface area contributed by atoms with E-state index >= 15 is 0 Å². The van der Waals surface area contributed by atoms with Crippen molar-refractivity contribution in [2.45, 2.75) is 74.7 Å². The van der Waals surface area contributed by atoms with Gasteiger partial charge in [-0.25, -0.2) is 0 Å². The van der Waals surface area contributed by atoms with Crippen molar-refractivity contribution in [2.24, 2.45) is 5.41 Å². The molecule has 0 aromatic rings. The van der Waals surface area contributed by atoms with Crippen LogP contribution in [-0.4, -0.2) is 25.8 Å². The van der Waals surface area contributed by atoms with E-state index in [0.717, 1.165) is 30.5 Å². The minimum absolute atomic E-state index is 0.0136. The Bertz CT molecular complexity index is 526. The van der Waals surface area contributed by atoms with Gasteiger partial charge in [-0.2, -0.15) is 0 Å². The number of carbonyl (C=O) groups excluding carboxylic acids is 2. The lowest BCUT2D eigenvalue weighted by atomic mass is 9.77. The Morgan fingerprint density at radius 3 is 2.31 bits per heavy atom. The van der Waals surface area contributed by atoms with E-state index in [9.17, 15) is 4.79 Å². The zero-order chi connectivity index (χ0) is 20.8. The van der Waals surface area contributed by atoms with E-state index in [4.69, 9.17) is 9.53 Å². The Hall–Kier alpha value is -1.68. The monoisotopic (exact) mass is 365 g/mol. The van der Waals surface area contributed by atoms with Crippen molar-refractivity contribution in [3.63, 3.8) is 0 Å². The second kappa shape index (κ2) is 14.5. The largest absolute Gasteiger partial charge is 0.426 e. The van der Waals surface area contributed by atoms with Gasteiger partial charge in [-0.3, -0.25) is 4.79 Å². The molecule has 0 aliphatic heterocycles. The Kier molecular flexibility index (Phi) is 14.8. The molecule has 0 aromatic carbocycles. The molecule has 1 rings (SSSR count). The van der Waals surface area contributed by atoms with Crippen LogP contribution in [0.5, 0.6) is 0 Å². The van der Waals surface area contributed by atoms with Gasteiger partial charge in [0.2, 0.25) is 0 Å². The van der Waals surface area contributed by atoms with E-state index in [1.165, 1.54) is 18.1 Å². The lowest BCUT2D eigenvalue weighted by Gasteiger charge is -2.29. The molecule has 0 saturated carbocycles. The van der Waals surface area contributed by atoms with E-state index in [2.05, 4.69) is 46.0 Å². The first-order chi connectivity index (χ1) is 12.2. The molecule has 0 fully saturated rings. The van der Waals surface area contributed by atoms with Gasteiger partial charge in [0.25, 0.3) is 0 Å². The van der Waals surface area contributed by atoms with E-state index < -0.39 is 0 Å². The number of ether oxygens (including phenoxy) is 1. The highest BCUT2D eigenvalue weighted by Gasteiger charge is 2.28. The number of esters is 1. The Morgan fingerprint density at radius 1 is 1.31 bits per heavy atom. The molecule has 4 heteroatoms. The number of aldehydes is 1. The highest BCUT2D eigenvalue weighted by Crippen LogP contribution is 2.39. The predicted octanol–water partition coefficient (Wildman–Crippen LogP) is 5.36. The van der Waals surface area contributed by atoms with Crippen LogP contribution in [0, 0.1) is 5.41 Å². The highest BCUT2D eigenvalue weighted by atomic mass is 16.5. The van der Waals surface area contributed by atoms with Crippen LogP contribution in [0.2, 0.25) is 0 Å². The van der Waals surface area contributed by atoms with Crippen molar-refractivity contribution in [3.8, 4) is 0 Å². The van der Waals surface area contributed by atoms with Crippen LogP contribution < -0.4 is 5.32 Å². The SMILES string of the molecule is CC.CC=O.CCC(C)(C)C1=C(OC(=O)CCNC)C=C(C)CC=C1C. The molecule has 0 aromatic heterocycles. The first-order valence-corrected chi connectivity index (χ1v) is 9.57. The minimum atomic E-state index is -0.178. The fraction of sp³-hybridized carbons (Fsp3) is 0.636.